The van der Waals surface area contributed by atoms with Crippen LogP contribution < -0.4 is 5.32 Å². The number of nitrogens with zero attached hydrogens (tertiary/aromatic N) is 1. The maximum absolute atomic E-state index is 13.1. The van der Waals surface area contributed by atoms with Gasteiger partial charge in [-0.25, -0.2) is 17.1 Å². The number of halogens is 2. The minimum atomic E-state index is -3.43. The zero-order valence-electron chi connectivity index (χ0n) is 14.3. The van der Waals surface area contributed by atoms with Crippen molar-refractivity contribution < 1.29 is 17.6 Å². The van der Waals surface area contributed by atoms with Crippen molar-refractivity contribution in [3.63, 3.8) is 0 Å². The molecule has 0 saturated carbocycles. The summed E-state index contributed by atoms with van der Waals surface area (Å²) in [5, 5.41) is 3.20. The molecule has 0 bridgehead atoms. The second-order valence-corrected chi connectivity index (χ2v) is 8.23. The summed E-state index contributed by atoms with van der Waals surface area (Å²) in [6.07, 6.45) is 1.63. The molecule has 1 amide bonds. The van der Waals surface area contributed by atoms with E-state index in [2.05, 4.69) is 5.32 Å². The molecule has 0 aromatic heterocycles. The zero-order chi connectivity index (χ0) is 19.2. The van der Waals surface area contributed by atoms with Gasteiger partial charge in [-0.1, -0.05) is 29.8 Å². The molecule has 2 aromatic carbocycles. The summed E-state index contributed by atoms with van der Waals surface area (Å²) in [6, 6.07) is 12.5. The summed E-state index contributed by atoms with van der Waals surface area (Å²) in [5.74, 6) is -0.954. The van der Waals surface area contributed by atoms with Gasteiger partial charge < -0.3 is 5.32 Å². The number of amides is 1. The van der Waals surface area contributed by atoms with Crippen molar-refractivity contribution in [1.29, 1.82) is 0 Å². The van der Waals surface area contributed by atoms with Gasteiger partial charge in [0.2, 0.25) is 10.0 Å². The first kappa shape index (κ1) is 20.4. The van der Waals surface area contributed by atoms with E-state index in [0.29, 0.717) is 11.4 Å². The molecule has 2 rings (SSSR count). The molecule has 140 valence electrons. The first-order valence-electron chi connectivity index (χ1n) is 7.99. The van der Waals surface area contributed by atoms with Crippen LogP contribution in [0.3, 0.4) is 0 Å². The summed E-state index contributed by atoms with van der Waals surface area (Å²) < 4.78 is 38.3. The second-order valence-electron chi connectivity index (χ2n) is 5.81. The molecule has 0 aliphatic carbocycles. The Morgan fingerprint density at radius 3 is 2.54 bits per heavy atom. The Labute approximate surface area is 157 Å². The maximum Gasteiger partial charge on any atom is 0.251 e. The highest BCUT2D eigenvalue weighted by Gasteiger charge is 2.17. The van der Waals surface area contributed by atoms with Gasteiger partial charge in [0.15, 0.2) is 0 Å². The van der Waals surface area contributed by atoms with Gasteiger partial charge in [0.05, 0.1) is 6.26 Å². The first-order valence-corrected chi connectivity index (χ1v) is 10.2. The van der Waals surface area contributed by atoms with Crippen molar-refractivity contribution in [2.45, 2.75) is 6.42 Å². The first-order chi connectivity index (χ1) is 12.3. The molecule has 0 saturated heterocycles. The molecule has 0 radical (unpaired) electrons. The second kappa shape index (κ2) is 9.12. The van der Waals surface area contributed by atoms with E-state index in [-0.39, 0.29) is 25.2 Å². The Morgan fingerprint density at radius 1 is 1.15 bits per heavy atom. The summed E-state index contributed by atoms with van der Waals surface area (Å²) in [4.78, 5) is 12.0. The molecule has 1 N–H and O–H groups in total. The Kier molecular flexibility index (Phi) is 7.14. The number of hydrogen-bond donors (Lipinski definition) is 1. The van der Waals surface area contributed by atoms with E-state index in [1.807, 2.05) is 12.1 Å². The normalized spacial score (nSPS) is 11.5. The van der Waals surface area contributed by atoms with Gasteiger partial charge in [-0.15, -0.1) is 0 Å². The molecule has 5 nitrogen and oxygen atoms in total. The van der Waals surface area contributed by atoms with E-state index in [4.69, 9.17) is 11.6 Å². The van der Waals surface area contributed by atoms with E-state index in [1.54, 1.807) is 12.1 Å². The Morgan fingerprint density at radius 2 is 1.88 bits per heavy atom. The van der Waals surface area contributed by atoms with Crippen LogP contribution in [0.15, 0.2) is 48.5 Å². The predicted molar refractivity (Wildman–Crippen MR) is 100 cm³/mol. The quantitative estimate of drug-likeness (QED) is 0.743. The van der Waals surface area contributed by atoms with Gasteiger partial charge >= 0.3 is 0 Å². The molecule has 0 spiro atoms. The number of rotatable bonds is 8. The molecular formula is C18H20ClFN2O3S. The number of sulfonamides is 1. The fourth-order valence-electron chi connectivity index (χ4n) is 2.42. The van der Waals surface area contributed by atoms with Gasteiger partial charge in [0.25, 0.3) is 5.91 Å². The standard InChI is InChI=1S/C18H20ClFN2O3S/c1-26(24,25)22(10-8-14-4-2-6-16(19)12-14)11-9-21-18(23)15-5-3-7-17(20)13-15/h2-7,12-13H,8-11H2,1H3,(H,21,23). The lowest BCUT2D eigenvalue weighted by atomic mass is 10.1. The molecule has 0 heterocycles. The fourth-order valence-corrected chi connectivity index (χ4v) is 3.47. The van der Waals surface area contributed by atoms with E-state index in [1.165, 1.54) is 22.5 Å². The molecule has 0 unspecified atom stereocenters. The third-order valence-electron chi connectivity index (χ3n) is 3.74. The maximum atomic E-state index is 13.1. The molecule has 0 fully saturated rings. The Bertz CT molecular complexity index is 874. The van der Waals surface area contributed by atoms with E-state index in [0.717, 1.165) is 17.9 Å². The van der Waals surface area contributed by atoms with Crippen molar-refractivity contribution in [3.05, 3.63) is 70.5 Å². The van der Waals surface area contributed by atoms with Crippen LogP contribution in [0, 0.1) is 5.82 Å². The molecule has 0 aliphatic heterocycles. The lowest BCUT2D eigenvalue weighted by Gasteiger charge is -2.20. The Balaban J connectivity index is 1.91. The van der Waals surface area contributed by atoms with Crippen molar-refractivity contribution >= 4 is 27.5 Å². The molecule has 8 heteroatoms. The monoisotopic (exact) mass is 398 g/mol. The molecular weight excluding hydrogens is 379 g/mol. The Hall–Kier alpha value is -1.96. The molecule has 0 aliphatic rings. The minimum Gasteiger partial charge on any atom is -0.351 e. The van der Waals surface area contributed by atoms with Crippen LogP contribution >= 0.6 is 11.6 Å². The summed E-state index contributed by atoms with van der Waals surface area (Å²) in [5.41, 5.74) is 1.12. The van der Waals surface area contributed by atoms with Gasteiger partial charge in [0, 0.05) is 30.2 Å². The largest absolute Gasteiger partial charge is 0.351 e. The van der Waals surface area contributed by atoms with Crippen LogP contribution in [0.5, 0.6) is 0 Å². The SMILES string of the molecule is CS(=O)(=O)N(CCNC(=O)c1cccc(F)c1)CCc1cccc(Cl)c1. The average molecular weight is 399 g/mol. The summed E-state index contributed by atoms with van der Waals surface area (Å²) in [6.45, 7) is 0.521. The molecule has 2 aromatic rings. The van der Waals surface area contributed by atoms with Crippen molar-refractivity contribution in [3.8, 4) is 0 Å². The summed E-state index contributed by atoms with van der Waals surface area (Å²) >= 11 is 5.93. The highest BCUT2D eigenvalue weighted by atomic mass is 35.5. The van der Waals surface area contributed by atoms with Crippen LogP contribution in [0.1, 0.15) is 15.9 Å². The third-order valence-corrected chi connectivity index (χ3v) is 5.28. The number of nitrogens with one attached hydrogen (secondary N) is 1. The smallest absolute Gasteiger partial charge is 0.251 e. The highest BCUT2D eigenvalue weighted by molar-refractivity contribution is 7.88. The highest BCUT2D eigenvalue weighted by Crippen LogP contribution is 2.12. The number of hydrogen-bond acceptors (Lipinski definition) is 3. The van der Waals surface area contributed by atoms with Crippen LogP contribution in [-0.2, 0) is 16.4 Å². The van der Waals surface area contributed by atoms with Crippen LogP contribution in [-0.4, -0.2) is 44.5 Å². The lowest BCUT2D eigenvalue weighted by Crippen LogP contribution is -2.39. The van der Waals surface area contributed by atoms with Gasteiger partial charge in [-0.05, 0) is 42.3 Å². The average Bonchev–Trinajstić information content (AvgIpc) is 2.56. The number of carbonyl (C=O) groups excluding carboxylic acids is 1. The van der Waals surface area contributed by atoms with E-state index in [9.17, 15) is 17.6 Å². The van der Waals surface area contributed by atoms with Gasteiger partial charge in [-0.3, -0.25) is 4.79 Å². The number of carbonyl (C=O) groups is 1. The zero-order valence-corrected chi connectivity index (χ0v) is 15.9. The fraction of sp³-hybridized carbons (Fsp3) is 0.278. The van der Waals surface area contributed by atoms with Gasteiger partial charge in [0.1, 0.15) is 5.82 Å². The topological polar surface area (TPSA) is 66.5 Å². The van der Waals surface area contributed by atoms with Crippen LogP contribution in [0.2, 0.25) is 5.02 Å². The minimum absolute atomic E-state index is 0.123. The predicted octanol–water partition coefficient (Wildman–Crippen LogP) is 2.71. The molecule has 26 heavy (non-hydrogen) atoms. The van der Waals surface area contributed by atoms with Crippen LogP contribution in [0.25, 0.3) is 0 Å². The van der Waals surface area contributed by atoms with E-state index < -0.39 is 21.7 Å². The number of benzene rings is 2. The molecule has 0 atom stereocenters. The lowest BCUT2D eigenvalue weighted by molar-refractivity contribution is 0.0951. The van der Waals surface area contributed by atoms with Crippen LogP contribution in [0.4, 0.5) is 4.39 Å². The van der Waals surface area contributed by atoms with Gasteiger partial charge in [-0.2, -0.15) is 0 Å². The van der Waals surface area contributed by atoms with E-state index >= 15 is 0 Å². The van der Waals surface area contributed by atoms with Crippen molar-refractivity contribution in [2.75, 3.05) is 25.9 Å². The third kappa shape index (κ3) is 6.40. The van der Waals surface area contributed by atoms with Crippen molar-refractivity contribution in [2.24, 2.45) is 0 Å². The summed E-state index contributed by atoms with van der Waals surface area (Å²) in [7, 11) is -3.43. The van der Waals surface area contributed by atoms with Crippen molar-refractivity contribution in [1.82, 2.24) is 9.62 Å².